The van der Waals surface area contributed by atoms with Gasteiger partial charge in [-0.2, -0.15) is 8.42 Å². The Labute approximate surface area is 84.9 Å². The molecule has 0 fully saturated rings. The second kappa shape index (κ2) is 3.23. The standard InChI is InChI=1S/C8H8O4S2/c9-13-4-6-2-1-3-8(7(6)5-13)14(10,11)12/h1-3H,4-5H2,(H,10,11,12). The lowest BCUT2D eigenvalue weighted by Crippen LogP contribution is -2.03. The molecule has 1 atom stereocenters. The normalized spacial score (nSPS) is 20.9. The number of fused-ring (bicyclic) bond motifs is 1. The van der Waals surface area contributed by atoms with Crippen molar-refractivity contribution in [1.29, 1.82) is 0 Å². The minimum absolute atomic E-state index is 0.110. The zero-order valence-corrected chi connectivity index (χ0v) is 8.77. The van der Waals surface area contributed by atoms with Gasteiger partial charge in [-0.25, -0.2) is 0 Å². The third kappa shape index (κ3) is 1.66. The monoisotopic (exact) mass is 232 g/mol. The van der Waals surface area contributed by atoms with Crippen molar-refractivity contribution >= 4 is 21.3 Å². The van der Waals surface area contributed by atoms with Crippen LogP contribution in [0.15, 0.2) is 23.1 Å². The summed E-state index contributed by atoms with van der Waals surface area (Å²) in [7, 11) is -4.19. The van der Waals surface area contributed by atoms with Crippen LogP contribution in [0.2, 0.25) is 0 Å². The third-order valence-corrected chi connectivity index (χ3v) is 4.31. The maximum absolute atomic E-state index is 11.2. The van der Waals surface area contributed by atoms with Crippen LogP contribution < -0.4 is 0 Å². The molecule has 0 bridgehead atoms. The van der Waals surface area contributed by atoms with Crippen molar-refractivity contribution in [3.63, 3.8) is 0 Å². The maximum Gasteiger partial charge on any atom is 0.294 e. The Morgan fingerprint density at radius 3 is 2.71 bits per heavy atom. The quantitative estimate of drug-likeness (QED) is 0.571. The van der Waals surface area contributed by atoms with Gasteiger partial charge in [0.2, 0.25) is 0 Å². The van der Waals surface area contributed by atoms with Gasteiger partial charge in [-0.1, -0.05) is 12.1 Å². The van der Waals surface area contributed by atoms with Crippen molar-refractivity contribution in [3.8, 4) is 0 Å². The molecule has 2 rings (SSSR count). The van der Waals surface area contributed by atoms with Gasteiger partial charge in [0.1, 0.15) is 16.4 Å². The average molecular weight is 232 g/mol. The van der Waals surface area contributed by atoms with E-state index in [0.717, 1.165) is 5.56 Å². The van der Waals surface area contributed by atoms with Crippen LogP contribution in [0.3, 0.4) is 0 Å². The summed E-state index contributed by atoms with van der Waals surface area (Å²) in [4.78, 5) is -0.110. The van der Waals surface area contributed by atoms with Crippen molar-refractivity contribution in [1.82, 2.24) is 0 Å². The molecule has 0 aromatic heterocycles. The molecule has 0 radical (unpaired) electrons. The zero-order chi connectivity index (χ0) is 10.3. The first-order chi connectivity index (χ1) is 6.48. The predicted octanol–water partition coefficient (Wildman–Crippen LogP) is 0.696. The van der Waals surface area contributed by atoms with Crippen LogP contribution in [-0.2, 0) is 32.8 Å². The summed E-state index contributed by atoms with van der Waals surface area (Å²) >= 11 is -1.04. The maximum atomic E-state index is 11.2. The van der Waals surface area contributed by atoms with Crippen LogP contribution in [-0.4, -0.2) is 17.5 Å². The number of benzene rings is 1. The fraction of sp³-hybridized carbons (Fsp3) is 0.250. The van der Waals surface area contributed by atoms with Gasteiger partial charge in [-0.15, -0.1) is 0 Å². The molecule has 1 aliphatic heterocycles. The van der Waals surface area contributed by atoms with Crippen LogP contribution in [0, 0.1) is 0 Å². The Kier molecular flexibility index (Phi) is 2.30. The Morgan fingerprint density at radius 1 is 1.36 bits per heavy atom. The summed E-state index contributed by atoms with van der Waals surface area (Å²) < 4.78 is 42.0. The summed E-state index contributed by atoms with van der Waals surface area (Å²) in [5, 5.41) is 0. The van der Waals surface area contributed by atoms with Crippen LogP contribution in [0.25, 0.3) is 0 Å². The van der Waals surface area contributed by atoms with Gasteiger partial charge in [-0.05, 0) is 17.2 Å². The molecular formula is C8H8O4S2. The van der Waals surface area contributed by atoms with E-state index in [9.17, 15) is 13.0 Å². The summed E-state index contributed by atoms with van der Waals surface area (Å²) in [5.74, 6) is 0.587. The summed E-state index contributed by atoms with van der Waals surface area (Å²) in [6, 6.07) is 4.61. The molecule has 0 saturated heterocycles. The van der Waals surface area contributed by atoms with Crippen LogP contribution in [0.1, 0.15) is 11.1 Å². The predicted molar refractivity (Wildman–Crippen MR) is 51.8 cm³/mol. The minimum atomic E-state index is -4.19. The number of hydrogen-bond acceptors (Lipinski definition) is 3. The van der Waals surface area contributed by atoms with Crippen LogP contribution >= 0.6 is 0 Å². The van der Waals surface area contributed by atoms with Gasteiger partial charge in [0, 0.05) is 11.1 Å². The molecular weight excluding hydrogens is 224 g/mol. The van der Waals surface area contributed by atoms with E-state index in [-0.39, 0.29) is 10.6 Å². The molecule has 0 spiro atoms. The van der Waals surface area contributed by atoms with E-state index in [1.807, 2.05) is 0 Å². The first kappa shape index (κ1) is 9.97. The third-order valence-electron chi connectivity index (χ3n) is 2.13. The van der Waals surface area contributed by atoms with E-state index in [2.05, 4.69) is 0 Å². The molecule has 1 heterocycles. The molecule has 1 aliphatic rings. The van der Waals surface area contributed by atoms with Crippen molar-refractivity contribution < 1.29 is 17.5 Å². The van der Waals surface area contributed by atoms with Gasteiger partial charge in [-0.3, -0.25) is 4.55 Å². The van der Waals surface area contributed by atoms with Crippen molar-refractivity contribution in [2.45, 2.75) is 16.4 Å². The van der Waals surface area contributed by atoms with Crippen LogP contribution in [0.4, 0.5) is 0 Å². The van der Waals surface area contributed by atoms with Crippen LogP contribution in [0.5, 0.6) is 0 Å². The highest BCUT2D eigenvalue weighted by Crippen LogP contribution is 2.30. The Morgan fingerprint density at radius 2 is 2.07 bits per heavy atom. The molecule has 0 saturated carbocycles. The molecule has 1 aromatic rings. The first-order valence-electron chi connectivity index (χ1n) is 3.92. The van der Waals surface area contributed by atoms with Crippen molar-refractivity contribution in [2.24, 2.45) is 0 Å². The summed E-state index contributed by atoms with van der Waals surface area (Å²) in [6.45, 7) is 0. The van der Waals surface area contributed by atoms with Gasteiger partial charge < -0.3 is 4.55 Å². The van der Waals surface area contributed by atoms with Gasteiger partial charge in [0.15, 0.2) is 0 Å². The summed E-state index contributed by atoms with van der Waals surface area (Å²) in [6.07, 6.45) is 0. The Bertz CT molecular complexity index is 466. The van der Waals surface area contributed by atoms with E-state index < -0.39 is 21.3 Å². The van der Waals surface area contributed by atoms with Gasteiger partial charge in [0.05, 0.1) is 0 Å². The molecule has 76 valence electrons. The minimum Gasteiger partial charge on any atom is -0.616 e. The number of rotatable bonds is 1. The zero-order valence-electron chi connectivity index (χ0n) is 7.13. The molecule has 1 N–H and O–H groups in total. The lowest BCUT2D eigenvalue weighted by Gasteiger charge is -2.01. The fourth-order valence-corrected chi connectivity index (χ4v) is 3.78. The lowest BCUT2D eigenvalue weighted by atomic mass is 10.1. The first-order valence-corrected chi connectivity index (χ1v) is 6.84. The van der Waals surface area contributed by atoms with Crippen molar-refractivity contribution in [2.75, 3.05) is 0 Å². The Hall–Kier alpha value is -0.560. The lowest BCUT2D eigenvalue weighted by molar-refractivity contribution is 0.482. The molecule has 4 nitrogen and oxygen atoms in total. The average Bonchev–Trinajstić information content (AvgIpc) is 2.41. The van der Waals surface area contributed by atoms with E-state index >= 15 is 0 Å². The second-order valence-electron chi connectivity index (χ2n) is 3.10. The van der Waals surface area contributed by atoms with Gasteiger partial charge >= 0.3 is 0 Å². The molecule has 1 unspecified atom stereocenters. The molecule has 6 heteroatoms. The van der Waals surface area contributed by atoms with Gasteiger partial charge in [0.25, 0.3) is 10.1 Å². The van der Waals surface area contributed by atoms with E-state index in [1.54, 1.807) is 12.1 Å². The van der Waals surface area contributed by atoms with E-state index in [4.69, 9.17) is 4.55 Å². The highest BCUT2D eigenvalue weighted by molar-refractivity contribution is 7.90. The molecule has 0 aliphatic carbocycles. The SMILES string of the molecule is O=S(=O)(O)c1cccc2c1C[S+]([O-])C2. The highest BCUT2D eigenvalue weighted by Gasteiger charge is 2.28. The second-order valence-corrected chi connectivity index (χ2v) is 5.94. The molecule has 0 amide bonds. The summed E-state index contributed by atoms with van der Waals surface area (Å²) in [5.41, 5.74) is 1.24. The highest BCUT2D eigenvalue weighted by atomic mass is 32.2. The molecule has 1 aromatic carbocycles. The largest absolute Gasteiger partial charge is 0.616 e. The fourth-order valence-electron chi connectivity index (χ4n) is 1.54. The van der Waals surface area contributed by atoms with Crippen molar-refractivity contribution in [3.05, 3.63) is 29.3 Å². The van der Waals surface area contributed by atoms with E-state index in [1.165, 1.54) is 6.07 Å². The van der Waals surface area contributed by atoms with E-state index in [0.29, 0.717) is 11.3 Å². The molecule has 14 heavy (non-hydrogen) atoms. The number of hydrogen-bond donors (Lipinski definition) is 1. The Balaban J connectivity index is 2.62. The smallest absolute Gasteiger partial charge is 0.294 e. The topological polar surface area (TPSA) is 77.4 Å².